The van der Waals surface area contributed by atoms with Crippen molar-refractivity contribution in [3.8, 4) is 10.9 Å². The Morgan fingerprint density at radius 1 is 0.537 bits per heavy atom. The van der Waals surface area contributed by atoms with Gasteiger partial charge in [0, 0.05) is 105 Å². The van der Waals surface area contributed by atoms with Gasteiger partial charge in [-0.2, -0.15) is 20.2 Å². The van der Waals surface area contributed by atoms with Gasteiger partial charge in [-0.15, -0.1) is 5.60 Å². The van der Waals surface area contributed by atoms with E-state index in [2.05, 4.69) is 119 Å². The molecule has 0 unspecified atom stereocenters. The van der Waals surface area contributed by atoms with E-state index >= 15 is 0 Å². The van der Waals surface area contributed by atoms with Crippen molar-refractivity contribution < 1.29 is 98.0 Å². The Morgan fingerprint density at radius 3 is 1.29 bits per heavy atom. The monoisotopic (exact) mass is 1840 g/mol. The van der Waals surface area contributed by atoms with Gasteiger partial charge in [-0.25, -0.2) is 52.0 Å². The van der Waals surface area contributed by atoms with Gasteiger partial charge in [0.15, 0.2) is 0 Å². The Kier molecular flexibility index (Phi) is 40.8. The molecule has 25 nitrogen and oxygen atoms in total. The molecule has 4 atom stereocenters. The number of aryl methyl sites for hydroxylation is 2. The van der Waals surface area contributed by atoms with Crippen LogP contribution in [0.1, 0.15) is 61.0 Å². The number of nitriles is 1. The van der Waals surface area contributed by atoms with Crippen LogP contribution < -0.4 is 82.1 Å². The molecule has 8 N–H and O–H groups in total. The number of benzene rings is 4. The van der Waals surface area contributed by atoms with Crippen LogP contribution in [0.5, 0.6) is 0 Å². The Bertz CT molecular complexity index is 4230. The predicted molar refractivity (Wildman–Crippen MR) is 414 cm³/mol. The molecule has 0 amide bonds. The molecule has 0 saturated carbocycles. The van der Waals surface area contributed by atoms with Gasteiger partial charge in [0.25, 0.3) is 0 Å². The largest absolute Gasteiger partial charge is 1.00 e. The number of rotatable bonds is 9. The smallest absolute Gasteiger partial charge is 0.850 e. The van der Waals surface area contributed by atoms with E-state index in [1.165, 1.54) is 54.6 Å². The molecular formula is C70H85BrCl5F5N20NaO5W-. The fourth-order valence-electron chi connectivity index (χ4n) is 10.2. The molecule has 0 bridgehead atoms. The SMILES string of the molecule is CC(C)(C)[O-].C[C@@H]1COCCN1c1cc(Cl)nc(-n2c(N)nc3cc(F)ccc32)n1.C[C@@H]1COCCN1c1cc(Cl)nc(Cl)n1.C[C@@H]1COCCN1c1cc(Cl)nc(Nc2ccc(F)cc2N)n1.Cc1cc(F)ccc1N.Cc1cc(F)ccc1Nc1nc(Cl)cc(N2CCOC[C@H]2C)n1.N#CBr.[2H]CF.[CH3-].[Na+].[W]. The molecule has 4 fully saturated rings. The number of alkyl halides is 1. The predicted octanol–water partition coefficient (Wildman–Crippen LogP) is 11.6. The van der Waals surface area contributed by atoms with Crippen molar-refractivity contribution in [1.82, 2.24) is 49.4 Å². The molecule has 13 rings (SSSR count). The Hall–Kier alpha value is -6.57. The number of morpholine rings is 4. The molecule has 4 saturated heterocycles. The number of ether oxygens (including phenoxy) is 4. The first-order valence-corrected chi connectivity index (χ1v) is 35.0. The minimum Gasteiger partial charge on any atom is -0.850 e. The van der Waals surface area contributed by atoms with E-state index in [-0.39, 0.29) is 117 Å². The van der Waals surface area contributed by atoms with Crippen LogP contribution >= 0.6 is 73.9 Å². The summed E-state index contributed by atoms with van der Waals surface area (Å²) in [5.74, 6) is 2.79. The first-order valence-electron chi connectivity index (χ1n) is 33.1. The van der Waals surface area contributed by atoms with E-state index in [9.17, 15) is 27.1 Å². The molecule has 0 aliphatic carbocycles. The number of nitrogens with zero attached hydrogens (tertiary/aromatic N) is 15. The van der Waals surface area contributed by atoms with Crippen molar-refractivity contribution in [2.45, 2.75) is 92.1 Å². The van der Waals surface area contributed by atoms with Gasteiger partial charge in [-0.1, -0.05) is 67.2 Å². The molecule has 0 spiro atoms. The minimum absolute atomic E-state index is 0. The van der Waals surface area contributed by atoms with E-state index < -0.39 is 18.6 Å². The number of imidazole rings is 1. The third-order valence-corrected chi connectivity index (χ3v) is 16.0. The van der Waals surface area contributed by atoms with Crippen molar-refractivity contribution in [3.05, 3.63) is 165 Å². The van der Waals surface area contributed by atoms with Crippen LogP contribution in [-0.4, -0.2) is 165 Å². The fourth-order valence-corrected chi connectivity index (χ4v) is 11.2. The summed E-state index contributed by atoms with van der Waals surface area (Å²) in [6, 6.07) is 24.9. The van der Waals surface area contributed by atoms with Gasteiger partial charge < -0.3 is 78.9 Å². The van der Waals surface area contributed by atoms with Crippen LogP contribution in [0.4, 0.5) is 85.8 Å². The Labute approximate surface area is 697 Å². The summed E-state index contributed by atoms with van der Waals surface area (Å²) in [7, 11) is -1.00. The van der Waals surface area contributed by atoms with E-state index in [4.69, 9.17) is 101 Å². The van der Waals surface area contributed by atoms with Gasteiger partial charge >= 0.3 is 29.6 Å². The van der Waals surface area contributed by atoms with Gasteiger partial charge in [0.05, 0.1) is 108 Å². The van der Waals surface area contributed by atoms with Crippen molar-refractivity contribution in [2.75, 3.05) is 134 Å². The zero-order chi connectivity index (χ0) is 77.9. The average molecular weight is 1850 g/mol. The van der Waals surface area contributed by atoms with Crippen LogP contribution in [0.3, 0.4) is 0 Å². The topological polar surface area (TPSA) is 320 Å². The summed E-state index contributed by atoms with van der Waals surface area (Å²) in [5, 5.41) is 24.9. The molecule has 5 aromatic heterocycles. The maximum absolute atomic E-state index is 13.4. The molecule has 4 aliphatic heterocycles. The number of fused-ring (bicyclic) bond motifs is 1. The number of hydrogen-bond donors (Lipinski definition) is 5. The number of nitrogens with two attached hydrogens (primary N) is 3. The molecule has 9 heterocycles. The van der Waals surface area contributed by atoms with Crippen molar-refractivity contribution in [3.63, 3.8) is 0 Å². The summed E-state index contributed by atoms with van der Waals surface area (Å²) in [4.78, 5) is 48.4. The second kappa shape index (κ2) is 46.9. The van der Waals surface area contributed by atoms with Crippen molar-refractivity contribution in [1.29, 1.82) is 5.26 Å². The Morgan fingerprint density at radius 2 is 0.889 bits per heavy atom. The molecule has 108 heavy (non-hydrogen) atoms. The zero-order valence-electron chi connectivity index (χ0n) is 62.3. The number of halogens is 11. The van der Waals surface area contributed by atoms with Gasteiger partial charge in [-0.3, -0.25) is 4.39 Å². The first kappa shape index (κ1) is 93.8. The maximum Gasteiger partial charge on any atom is 1.00 e. The summed E-state index contributed by atoms with van der Waals surface area (Å²) in [5.41, 5.74) is 21.3. The van der Waals surface area contributed by atoms with Gasteiger partial charge in [0.1, 0.15) is 72.1 Å². The quantitative estimate of drug-likeness (QED) is 0.0224. The average Bonchev–Trinajstić information content (AvgIpc) is 1.63. The maximum atomic E-state index is 13.4. The second-order valence-electron chi connectivity index (χ2n) is 24.5. The standard InChI is InChI=1S/C16H16ClFN6O.C16H18ClFN4O.C15H17ClFN5O.C9H11Cl2N3O.C7H8FN.C4H9O.CBrN.CH3F.CH3.Na.W/c1-9-8-25-5-4-23(9)14-7-13(17)21-16(22-14)24-12-3-2-10(18)6-11(12)20-15(24)19;1-10-7-12(18)3-4-13(10)19-16-20-14(17)8-15(21-16)22-5-6-23-9-11(22)2;1-9-8-23-5-4-22(9)14-7-13(16)20-15(21-14)19-12-3-2-10(17)6-11(12)18;1-6-5-15-3-2-14(6)8-4-7(10)12-9(11)13-8;1-5-4-6(8)2-3-7(5)9;1-4(2,3)5;2-1-3;1-2;;;/h2-3,6-7,9H,4-5,8H2,1H3,(H2,19,20);3-4,7-8,11H,5-6,9H2,1-2H3,(H,19,20,21);2-3,6-7,9H,4-5,8,18H2,1H3,(H,19,20,21);4,6H,2-3,5H2,1H3;2-4H,9H2,1H3;1-3H3;;1H3;1H3;;/q;;;;;-1;;;-1;+1;/t9-;11-;9-;6-;;;;;;;/m1111......./s1/i;;;;;;;1D;;;. The van der Waals surface area contributed by atoms with Crippen LogP contribution in [-0.2, 0) is 40.0 Å². The summed E-state index contributed by atoms with van der Waals surface area (Å²) >= 11 is 32.5. The molecule has 0 radical (unpaired) electrons. The number of hydrogen-bond acceptors (Lipinski definition) is 24. The van der Waals surface area contributed by atoms with Gasteiger partial charge in [0.2, 0.25) is 29.1 Å². The third kappa shape index (κ3) is 30.6. The molecule has 4 aliphatic rings. The second-order valence-corrected chi connectivity index (χ2v) is 26.7. The number of nitrogens with one attached hydrogen (secondary N) is 2. The minimum atomic E-state index is -1.00. The summed E-state index contributed by atoms with van der Waals surface area (Å²) in [6.07, 6.45) is 0. The number of nitrogen functional groups attached to an aromatic ring is 3. The first-order chi connectivity index (χ1) is 50.3. The molecule has 580 valence electrons. The summed E-state index contributed by atoms with van der Waals surface area (Å²) in [6.45, 7) is 25.0. The fraction of sp³-hybridized carbons (Fsp3) is 0.386. The molecule has 4 aromatic carbocycles. The normalized spacial score (nSPS) is 16.5. The van der Waals surface area contributed by atoms with E-state index in [0.717, 1.165) is 48.1 Å². The Balaban J connectivity index is 0.000000347. The van der Waals surface area contributed by atoms with Crippen LogP contribution in [0, 0.1) is 54.8 Å². The van der Waals surface area contributed by atoms with Gasteiger partial charge in [-0.05, 0) is 131 Å². The number of anilines is 11. The van der Waals surface area contributed by atoms with Crippen LogP contribution in [0.2, 0.25) is 25.9 Å². The van der Waals surface area contributed by atoms with Crippen LogP contribution in [0.25, 0.3) is 17.0 Å². The van der Waals surface area contributed by atoms with Crippen molar-refractivity contribution >= 4 is 149 Å². The van der Waals surface area contributed by atoms with E-state index in [0.29, 0.717) is 132 Å². The molecular weight excluding hydrogens is 1760 g/mol. The molecule has 9 aromatic rings. The zero-order valence-corrected chi connectivity index (χ0v) is 71.6. The van der Waals surface area contributed by atoms with E-state index in [1.54, 1.807) is 79.7 Å². The van der Waals surface area contributed by atoms with Crippen LogP contribution in [0.15, 0.2) is 97.1 Å². The third-order valence-electron chi connectivity index (χ3n) is 15.1. The summed E-state index contributed by atoms with van der Waals surface area (Å²) < 4.78 is 90.8. The van der Waals surface area contributed by atoms with E-state index in [1.807, 2.05) is 6.92 Å². The van der Waals surface area contributed by atoms with Crippen molar-refractivity contribution in [2.24, 2.45) is 0 Å². The number of aromatic nitrogens is 10. The molecule has 38 heteroatoms.